The van der Waals surface area contributed by atoms with Gasteiger partial charge in [0, 0.05) is 23.8 Å². The summed E-state index contributed by atoms with van der Waals surface area (Å²) in [6.45, 7) is 4.30. The van der Waals surface area contributed by atoms with Crippen molar-refractivity contribution in [1.29, 1.82) is 0 Å². The number of anilines is 1. The second-order valence-corrected chi connectivity index (χ2v) is 6.38. The first-order chi connectivity index (χ1) is 8.29. The Morgan fingerprint density at radius 2 is 2.29 bits per heavy atom. The van der Waals surface area contributed by atoms with Crippen molar-refractivity contribution in [3.8, 4) is 0 Å². The van der Waals surface area contributed by atoms with Crippen LogP contribution in [-0.2, 0) is 5.75 Å². The molecule has 17 heavy (non-hydrogen) atoms. The fourth-order valence-corrected chi connectivity index (χ4v) is 3.40. The van der Waals surface area contributed by atoms with E-state index in [1.165, 1.54) is 22.9 Å². The third-order valence-electron chi connectivity index (χ3n) is 1.65. The van der Waals surface area contributed by atoms with Gasteiger partial charge in [-0.1, -0.05) is 45.3 Å². The summed E-state index contributed by atoms with van der Waals surface area (Å²) < 4.78 is 5.28. The minimum atomic E-state index is 0.632. The van der Waals surface area contributed by atoms with Gasteiger partial charge in [0.25, 0.3) is 0 Å². The molecular formula is C8H8ClN5S3. The van der Waals surface area contributed by atoms with E-state index in [-0.39, 0.29) is 0 Å². The Balaban J connectivity index is 1.89. The lowest BCUT2D eigenvalue weighted by Crippen LogP contribution is -1.96. The Labute approximate surface area is 115 Å². The van der Waals surface area contributed by atoms with Gasteiger partial charge in [-0.05, 0) is 0 Å². The molecule has 0 saturated carbocycles. The molecule has 2 heterocycles. The zero-order valence-corrected chi connectivity index (χ0v) is 11.8. The minimum Gasteiger partial charge on any atom is -0.357 e. The first-order valence-electron chi connectivity index (χ1n) is 4.57. The van der Waals surface area contributed by atoms with E-state index in [1.807, 2.05) is 0 Å². The Hall–Kier alpha value is -0.700. The Bertz CT molecular complexity index is 497. The van der Waals surface area contributed by atoms with Crippen LogP contribution < -0.4 is 5.32 Å². The molecule has 0 spiro atoms. The van der Waals surface area contributed by atoms with E-state index < -0.39 is 0 Å². The molecule has 2 rings (SSSR count). The van der Waals surface area contributed by atoms with Gasteiger partial charge >= 0.3 is 0 Å². The summed E-state index contributed by atoms with van der Waals surface area (Å²) >= 11 is 10.1. The molecule has 0 radical (unpaired) electrons. The van der Waals surface area contributed by atoms with Crippen molar-refractivity contribution in [3.63, 3.8) is 0 Å². The summed E-state index contributed by atoms with van der Waals surface area (Å²) in [5, 5.41) is 15.8. The normalized spacial score (nSPS) is 10.4. The largest absolute Gasteiger partial charge is 0.357 e. The van der Waals surface area contributed by atoms with Crippen molar-refractivity contribution in [1.82, 2.24) is 19.8 Å². The van der Waals surface area contributed by atoms with Gasteiger partial charge in [0.05, 0.1) is 0 Å². The van der Waals surface area contributed by atoms with Crippen molar-refractivity contribution in [3.05, 3.63) is 22.7 Å². The Morgan fingerprint density at radius 3 is 3.00 bits per heavy atom. The summed E-state index contributed by atoms with van der Waals surface area (Å²) in [5.74, 6) is 0.658. The molecule has 5 nitrogen and oxygen atoms in total. The number of hydrogen-bond donors (Lipinski definition) is 1. The predicted octanol–water partition coefficient (Wildman–Crippen LogP) is 2.93. The average Bonchev–Trinajstić information content (AvgIpc) is 2.93. The van der Waals surface area contributed by atoms with Crippen LogP contribution >= 0.6 is 46.2 Å². The van der Waals surface area contributed by atoms with E-state index in [2.05, 4.69) is 31.7 Å². The SMILES string of the molecule is C=CCNc1nnc(SCc2nnsc2Cl)s1. The van der Waals surface area contributed by atoms with E-state index in [9.17, 15) is 0 Å². The van der Waals surface area contributed by atoms with Crippen LogP contribution in [0.25, 0.3) is 0 Å². The smallest absolute Gasteiger partial charge is 0.206 e. The molecule has 0 bridgehead atoms. The Kier molecular flexibility index (Phi) is 4.72. The number of nitrogens with one attached hydrogen (secondary N) is 1. The van der Waals surface area contributed by atoms with Crippen LogP contribution in [0.15, 0.2) is 17.0 Å². The van der Waals surface area contributed by atoms with Crippen LogP contribution in [0.1, 0.15) is 5.69 Å². The van der Waals surface area contributed by atoms with E-state index in [0.717, 1.165) is 15.2 Å². The fraction of sp³-hybridized carbons (Fsp3) is 0.250. The number of rotatable bonds is 6. The quantitative estimate of drug-likeness (QED) is 0.654. The molecule has 0 atom stereocenters. The van der Waals surface area contributed by atoms with Crippen molar-refractivity contribution in [2.75, 3.05) is 11.9 Å². The van der Waals surface area contributed by atoms with Gasteiger partial charge in [-0.15, -0.1) is 21.9 Å². The number of nitrogens with zero attached hydrogens (tertiary/aromatic N) is 4. The summed E-state index contributed by atoms with van der Waals surface area (Å²) in [7, 11) is 0. The number of thioether (sulfide) groups is 1. The maximum Gasteiger partial charge on any atom is 0.206 e. The zero-order valence-electron chi connectivity index (χ0n) is 8.59. The van der Waals surface area contributed by atoms with Crippen LogP contribution in [0.2, 0.25) is 4.34 Å². The molecule has 0 fully saturated rings. The van der Waals surface area contributed by atoms with E-state index >= 15 is 0 Å². The molecule has 9 heteroatoms. The van der Waals surface area contributed by atoms with Gasteiger partial charge < -0.3 is 5.32 Å². The summed E-state index contributed by atoms with van der Waals surface area (Å²) in [5.41, 5.74) is 0.789. The molecular weight excluding hydrogens is 298 g/mol. The monoisotopic (exact) mass is 305 g/mol. The molecule has 0 aliphatic heterocycles. The average molecular weight is 306 g/mol. The predicted molar refractivity (Wildman–Crippen MR) is 73.1 cm³/mol. The second kappa shape index (κ2) is 6.29. The second-order valence-electron chi connectivity index (χ2n) is 2.82. The van der Waals surface area contributed by atoms with E-state index in [1.54, 1.807) is 17.8 Å². The Morgan fingerprint density at radius 1 is 1.41 bits per heavy atom. The van der Waals surface area contributed by atoms with E-state index in [0.29, 0.717) is 16.6 Å². The van der Waals surface area contributed by atoms with Crippen LogP contribution in [-0.4, -0.2) is 26.3 Å². The van der Waals surface area contributed by atoms with E-state index in [4.69, 9.17) is 11.6 Å². The van der Waals surface area contributed by atoms with Gasteiger partial charge in [-0.3, -0.25) is 0 Å². The molecule has 90 valence electrons. The van der Waals surface area contributed by atoms with Gasteiger partial charge in [0.2, 0.25) is 5.13 Å². The van der Waals surface area contributed by atoms with Crippen LogP contribution in [0.4, 0.5) is 5.13 Å². The third-order valence-corrected chi connectivity index (χ3v) is 4.66. The van der Waals surface area contributed by atoms with Crippen LogP contribution in [0, 0.1) is 0 Å². The maximum absolute atomic E-state index is 5.90. The van der Waals surface area contributed by atoms with Gasteiger partial charge in [0.15, 0.2) is 4.34 Å². The van der Waals surface area contributed by atoms with Crippen LogP contribution in [0.5, 0.6) is 0 Å². The lowest BCUT2D eigenvalue weighted by Gasteiger charge is -1.93. The maximum atomic E-state index is 5.90. The molecule has 0 aliphatic carbocycles. The van der Waals surface area contributed by atoms with Crippen molar-refractivity contribution in [2.45, 2.75) is 10.1 Å². The lowest BCUT2D eigenvalue weighted by atomic mass is 10.6. The number of halogens is 1. The highest BCUT2D eigenvalue weighted by molar-refractivity contribution is 8.00. The third kappa shape index (κ3) is 3.63. The molecule has 2 aromatic heterocycles. The first kappa shape index (κ1) is 12.7. The van der Waals surface area contributed by atoms with Gasteiger partial charge in [-0.25, -0.2) is 0 Å². The molecule has 1 N–H and O–H groups in total. The standard InChI is InChI=1S/C8H8ClN5S3/c1-2-3-10-7-12-13-8(16-7)15-4-5-6(9)17-14-11-5/h2H,1,3-4H2,(H,10,12). The summed E-state index contributed by atoms with van der Waals surface area (Å²) in [6, 6.07) is 0. The first-order valence-corrected chi connectivity index (χ1v) is 7.52. The molecule has 2 aromatic rings. The number of hydrogen-bond acceptors (Lipinski definition) is 8. The van der Waals surface area contributed by atoms with Gasteiger partial charge in [0.1, 0.15) is 10.0 Å². The fourth-order valence-electron chi connectivity index (χ4n) is 0.912. The summed E-state index contributed by atoms with van der Waals surface area (Å²) in [4.78, 5) is 0. The number of aromatic nitrogens is 4. The van der Waals surface area contributed by atoms with Crippen molar-refractivity contribution in [2.24, 2.45) is 0 Å². The summed E-state index contributed by atoms with van der Waals surface area (Å²) in [6.07, 6.45) is 1.77. The highest BCUT2D eigenvalue weighted by Crippen LogP contribution is 2.30. The molecule has 0 amide bonds. The minimum absolute atomic E-state index is 0.632. The molecule has 0 saturated heterocycles. The van der Waals surface area contributed by atoms with Gasteiger partial charge in [-0.2, -0.15) is 0 Å². The highest BCUT2D eigenvalue weighted by Gasteiger charge is 2.09. The van der Waals surface area contributed by atoms with Crippen molar-refractivity contribution >= 4 is 51.4 Å². The molecule has 0 unspecified atom stereocenters. The molecule has 0 aromatic carbocycles. The molecule has 0 aliphatic rings. The highest BCUT2D eigenvalue weighted by atomic mass is 35.5. The zero-order chi connectivity index (χ0) is 12.1. The lowest BCUT2D eigenvalue weighted by molar-refractivity contribution is 1.00. The van der Waals surface area contributed by atoms with Crippen LogP contribution in [0.3, 0.4) is 0 Å². The topological polar surface area (TPSA) is 63.6 Å². The van der Waals surface area contributed by atoms with Crippen molar-refractivity contribution < 1.29 is 0 Å².